The number of nitrogens with zero attached hydrogens (tertiary/aromatic N) is 2. The molecule has 0 fully saturated rings. The number of thiophene rings is 1. The van der Waals surface area contributed by atoms with Crippen LogP contribution in [-0.4, -0.2) is 18.0 Å². The number of benzene rings is 1. The predicted octanol–water partition coefficient (Wildman–Crippen LogP) is 4.66. The molecule has 2 heterocycles. The van der Waals surface area contributed by atoms with Gasteiger partial charge in [-0.05, 0) is 23.5 Å². The van der Waals surface area contributed by atoms with Crippen molar-refractivity contribution in [2.75, 3.05) is 0 Å². The van der Waals surface area contributed by atoms with E-state index in [0.29, 0.717) is 16.9 Å². The summed E-state index contributed by atoms with van der Waals surface area (Å²) in [7, 11) is -4.15. The third-order valence-electron chi connectivity index (χ3n) is 4.30. The Hall–Kier alpha value is -2.24. The maximum atomic E-state index is 15.0. The van der Waals surface area contributed by atoms with Gasteiger partial charge in [0.1, 0.15) is 10.0 Å². The average molecular weight is 462 g/mol. The number of primary sulfonamides is 1. The fraction of sp³-hybridized carbons (Fsp3) is 0.316. The molecule has 0 aliphatic rings. The molecule has 0 saturated heterocycles. The van der Waals surface area contributed by atoms with Crippen molar-refractivity contribution in [1.29, 1.82) is 0 Å². The number of hydrogen-bond donors (Lipinski definition) is 1. The molecule has 0 radical (unpaired) electrons. The lowest BCUT2D eigenvalue weighted by molar-refractivity contribution is -0.147. The molecule has 0 aliphatic heterocycles. The number of hydrogen-bond acceptors (Lipinski definition) is 4. The van der Waals surface area contributed by atoms with Crippen LogP contribution in [0.15, 0.2) is 40.9 Å². The summed E-state index contributed by atoms with van der Waals surface area (Å²) in [4.78, 5) is 3.63. The van der Waals surface area contributed by atoms with E-state index in [4.69, 9.17) is 5.14 Å². The van der Waals surface area contributed by atoms with Crippen LogP contribution in [0.25, 0.3) is 11.1 Å². The number of imidazole rings is 1. The van der Waals surface area contributed by atoms with E-state index in [-0.39, 0.29) is 27.8 Å². The Morgan fingerprint density at radius 2 is 1.83 bits per heavy atom. The molecule has 0 spiro atoms. The van der Waals surface area contributed by atoms with Crippen molar-refractivity contribution in [2.45, 2.75) is 37.2 Å². The first-order chi connectivity index (χ1) is 13.9. The third-order valence-corrected chi connectivity index (χ3v) is 6.95. The number of halogens is 4. The summed E-state index contributed by atoms with van der Waals surface area (Å²) in [6.45, 7) is 3.67. The summed E-state index contributed by atoms with van der Waals surface area (Å²) in [6.07, 6.45) is -1.95. The van der Waals surface area contributed by atoms with Gasteiger partial charge in [-0.15, -0.1) is 11.3 Å². The van der Waals surface area contributed by atoms with E-state index in [1.807, 2.05) is 13.8 Å². The van der Waals surface area contributed by atoms with E-state index >= 15 is 4.39 Å². The van der Waals surface area contributed by atoms with E-state index < -0.39 is 27.8 Å². The molecule has 3 rings (SSSR count). The fourth-order valence-corrected chi connectivity index (χ4v) is 5.45. The highest BCUT2D eigenvalue weighted by molar-refractivity contribution is 7.91. The van der Waals surface area contributed by atoms with Crippen LogP contribution in [0, 0.1) is 11.7 Å². The van der Waals surface area contributed by atoms with Gasteiger partial charge in [-0.25, -0.2) is 22.9 Å². The Balaban J connectivity index is 1.97. The average Bonchev–Trinajstić information content (AvgIpc) is 3.20. The van der Waals surface area contributed by atoms with Crippen LogP contribution in [0.1, 0.15) is 30.1 Å². The van der Waals surface area contributed by atoms with Crippen molar-refractivity contribution in [1.82, 2.24) is 9.55 Å². The second kappa shape index (κ2) is 8.12. The van der Waals surface area contributed by atoms with Crippen molar-refractivity contribution in [2.24, 2.45) is 11.1 Å². The summed E-state index contributed by atoms with van der Waals surface area (Å²) in [6, 6.07) is 5.97. The Bertz CT molecular complexity index is 1150. The largest absolute Gasteiger partial charge is 0.449 e. The van der Waals surface area contributed by atoms with Crippen molar-refractivity contribution in [3.05, 3.63) is 58.7 Å². The minimum absolute atomic E-state index is 0.0954. The van der Waals surface area contributed by atoms with Gasteiger partial charge in [-0.1, -0.05) is 38.1 Å². The van der Waals surface area contributed by atoms with E-state index in [0.717, 1.165) is 22.1 Å². The first-order valence-corrected chi connectivity index (χ1v) is 11.3. The van der Waals surface area contributed by atoms with Crippen molar-refractivity contribution < 1.29 is 26.0 Å². The van der Waals surface area contributed by atoms with Crippen molar-refractivity contribution >= 4 is 21.4 Å². The summed E-state index contributed by atoms with van der Waals surface area (Å²) in [5.74, 6) is -1.55. The van der Waals surface area contributed by atoms with Gasteiger partial charge in [-0.3, -0.25) is 0 Å². The number of rotatable bonds is 6. The molecule has 1 aromatic carbocycles. The Morgan fingerprint density at radius 1 is 1.20 bits per heavy atom. The fourth-order valence-electron chi connectivity index (χ4n) is 3.05. The van der Waals surface area contributed by atoms with Gasteiger partial charge in [0.05, 0.1) is 0 Å². The number of nitrogens with two attached hydrogens (primary N) is 1. The van der Waals surface area contributed by atoms with Crippen LogP contribution in [0.4, 0.5) is 17.6 Å². The monoisotopic (exact) mass is 461 g/mol. The standard InChI is InChI=1S/C19H19F4N3O2S2/c1-11(2)9-14-16(20)15(17(29-14)30(24,27)28)13-5-3-12(4-6-13)10-26-8-7-25-18(26)19(21,22)23/h3-8,11H,9-10H2,1-2H3,(H2,24,27,28). The summed E-state index contributed by atoms with van der Waals surface area (Å²) in [5.41, 5.74) is 0.689. The summed E-state index contributed by atoms with van der Waals surface area (Å²) < 4.78 is 78.6. The minimum atomic E-state index is -4.58. The predicted molar refractivity (Wildman–Crippen MR) is 106 cm³/mol. The molecule has 11 heteroatoms. The van der Waals surface area contributed by atoms with Gasteiger partial charge in [0.25, 0.3) is 0 Å². The zero-order valence-corrected chi connectivity index (χ0v) is 17.7. The molecule has 2 aromatic heterocycles. The molecule has 0 amide bonds. The molecule has 0 unspecified atom stereocenters. The van der Waals surface area contributed by atoms with E-state index in [1.165, 1.54) is 30.5 Å². The van der Waals surface area contributed by atoms with Crippen LogP contribution in [0.5, 0.6) is 0 Å². The zero-order valence-electron chi connectivity index (χ0n) is 16.1. The summed E-state index contributed by atoms with van der Waals surface area (Å²) in [5, 5.41) is 5.28. The minimum Gasteiger partial charge on any atom is -0.323 e. The highest BCUT2D eigenvalue weighted by Crippen LogP contribution is 2.39. The molecule has 0 aliphatic carbocycles. The Labute approximate surface area is 175 Å². The van der Waals surface area contributed by atoms with Crippen LogP contribution in [0.2, 0.25) is 0 Å². The van der Waals surface area contributed by atoms with Gasteiger partial charge in [0, 0.05) is 29.4 Å². The van der Waals surface area contributed by atoms with E-state index in [2.05, 4.69) is 4.98 Å². The van der Waals surface area contributed by atoms with Crippen LogP contribution < -0.4 is 5.14 Å². The SMILES string of the molecule is CC(C)Cc1sc(S(N)(=O)=O)c(-c2ccc(Cn3ccnc3C(F)(F)F)cc2)c1F. The molecule has 5 nitrogen and oxygen atoms in total. The molecule has 3 aromatic rings. The first kappa shape index (κ1) is 22.4. The molecular formula is C19H19F4N3O2S2. The van der Waals surface area contributed by atoms with Gasteiger partial charge < -0.3 is 4.57 Å². The van der Waals surface area contributed by atoms with E-state index in [9.17, 15) is 21.6 Å². The lowest BCUT2D eigenvalue weighted by Gasteiger charge is -2.11. The van der Waals surface area contributed by atoms with Crippen molar-refractivity contribution in [3.63, 3.8) is 0 Å². The van der Waals surface area contributed by atoms with Gasteiger partial charge >= 0.3 is 6.18 Å². The molecular weight excluding hydrogens is 442 g/mol. The topological polar surface area (TPSA) is 78.0 Å². The van der Waals surface area contributed by atoms with Gasteiger partial charge in [0.2, 0.25) is 15.8 Å². The molecule has 0 bridgehead atoms. The molecule has 0 saturated carbocycles. The van der Waals surface area contributed by atoms with Crippen LogP contribution in [0.3, 0.4) is 0 Å². The summed E-state index contributed by atoms with van der Waals surface area (Å²) >= 11 is 0.804. The molecule has 0 atom stereocenters. The second-order valence-corrected chi connectivity index (χ2v) is 10.1. The number of sulfonamides is 1. The van der Waals surface area contributed by atoms with Gasteiger partial charge in [0.15, 0.2) is 0 Å². The maximum Gasteiger partial charge on any atom is 0.449 e. The normalized spacial score (nSPS) is 12.7. The highest BCUT2D eigenvalue weighted by atomic mass is 32.2. The molecule has 30 heavy (non-hydrogen) atoms. The number of aromatic nitrogens is 2. The van der Waals surface area contributed by atoms with Crippen LogP contribution in [-0.2, 0) is 29.2 Å². The lowest BCUT2D eigenvalue weighted by atomic mass is 10.0. The quantitative estimate of drug-likeness (QED) is 0.542. The van der Waals surface area contributed by atoms with Gasteiger partial charge in [-0.2, -0.15) is 13.2 Å². The third kappa shape index (κ3) is 4.73. The maximum absolute atomic E-state index is 15.0. The smallest absolute Gasteiger partial charge is 0.323 e. The Morgan fingerprint density at radius 3 is 2.37 bits per heavy atom. The second-order valence-electron chi connectivity index (χ2n) is 7.22. The first-order valence-electron chi connectivity index (χ1n) is 8.89. The molecule has 2 N–H and O–H groups in total. The van der Waals surface area contributed by atoms with Crippen molar-refractivity contribution in [3.8, 4) is 11.1 Å². The zero-order chi connectivity index (χ0) is 22.3. The lowest BCUT2D eigenvalue weighted by Crippen LogP contribution is -2.15. The number of alkyl halides is 3. The highest BCUT2D eigenvalue weighted by Gasteiger charge is 2.36. The Kier molecular flexibility index (Phi) is 6.08. The molecule has 162 valence electrons. The van der Waals surface area contributed by atoms with E-state index in [1.54, 1.807) is 0 Å². The van der Waals surface area contributed by atoms with Crippen LogP contribution >= 0.6 is 11.3 Å².